The van der Waals surface area contributed by atoms with Gasteiger partial charge in [-0.15, -0.1) is 11.3 Å². The molecule has 0 radical (unpaired) electrons. The first kappa shape index (κ1) is 16.7. The van der Waals surface area contributed by atoms with Crippen molar-refractivity contribution in [1.82, 2.24) is 9.71 Å². The van der Waals surface area contributed by atoms with Gasteiger partial charge in [0.15, 0.2) is 5.13 Å². The van der Waals surface area contributed by atoms with Gasteiger partial charge in [0.1, 0.15) is 5.69 Å². The number of sulfonamides is 1. The smallest absolute Gasteiger partial charge is 0.361 e. The van der Waals surface area contributed by atoms with E-state index >= 15 is 0 Å². The number of hydrogen-bond donors (Lipinski definition) is 2. The molecule has 11 heteroatoms. The monoisotopic (exact) mass is 331 g/mol. The molecule has 1 aromatic rings. The Bertz CT molecular complexity index is 595. The molecular formula is C9H12F3N3O3S2. The van der Waals surface area contributed by atoms with E-state index in [0.29, 0.717) is 4.88 Å². The van der Waals surface area contributed by atoms with Crippen LogP contribution in [0.4, 0.5) is 18.3 Å². The molecule has 6 nitrogen and oxygen atoms in total. The van der Waals surface area contributed by atoms with Crippen molar-refractivity contribution in [3.63, 3.8) is 0 Å². The maximum absolute atomic E-state index is 12.0. The number of nitrogens with one attached hydrogen (secondary N) is 2. The third kappa shape index (κ3) is 5.74. The minimum Gasteiger partial charge on any atom is -0.361 e. The van der Waals surface area contributed by atoms with Gasteiger partial charge in [-0.25, -0.2) is 18.1 Å². The molecule has 0 bridgehead atoms. The number of anilines is 1. The Morgan fingerprint density at radius 2 is 2.00 bits per heavy atom. The maximum atomic E-state index is 12.0. The van der Waals surface area contributed by atoms with Crippen LogP contribution in [0.3, 0.4) is 0 Å². The predicted octanol–water partition coefficient (Wildman–Crippen LogP) is 1.51. The van der Waals surface area contributed by atoms with Gasteiger partial charge >= 0.3 is 6.18 Å². The molecule has 20 heavy (non-hydrogen) atoms. The molecule has 0 atom stereocenters. The van der Waals surface area contributed by atoms with Crippen molar-refractivity contribution in [2.45, 2.75) is 19.5 Å². The summed E-state index contributed by atoms with van der Waals surface area (Å²) in [7, 11) is -3.72. The van der Waals surface area contributed by atoms with Crippen LogP contribution >= 0.6 is 11.3 Å². The molecule has 0 aliphatic heterocycles. The summed E-state index contributed by atoms with van der Waals surface area (Å²) >= 11 is 0.974. The number of thiazole rings is 1. The average Bonchev–Trinajstić information content (AvgIpc) is 2.55. The third-order valence-electron chi connectivity index (χ3n) is 1.97. The Labute approximate surface area is 117 Å². The Hall–Kier alpha value is -1.36. The molecule has 1 amide bonds. The van der Waals surface area contributed by atoms with Crippen LogP contribution in [0.15, 0.2) is 0 Å². The van der Waals surface area contributed by atoms with Crippen molar-refractivity contribution >= 4 is 32.4 Å². The van der Waals surface area contributed by atoms with Crippen LogP contribution in [0.1, 0.15) is 21.8 Å². The number of nitrogens with zero attached hydrogens (tertiary/aromatic N) is 1. The molecular weight excluding hydrogens is 319 g/mol. The van der Waals surface area contributed by atoms with E-state index in [1.54, 1.807) is 4.72 Å². The maximum Gasteiger partial charge on any atom is 0.390 e. The van der Waals surface area contributed by atoms with Gasteiger partial charge in [-0.3, -0.25) is 4.79 Å². The molecule has 0 aromatic carbocycles. The van der Waals surface area contributed by atoms with Crippen molar-refractivity contribution in [3.8, 4) is 0 Å². The number of alkyl halides is 3. The van der Waals surface area contributed by atoms with Crippen molar-refractivity contribution in [2.75, 3.05) is 18.1 Å². The molecule has 1 aromatic heterocycles. The fourth-order valence-electron chi connectivity index (χ4n) is 1.21. The van der Waals surface area contributed by atoms with Gasteiger partial charge in [-0.05, 0) is 6.92 Å². The highest BCUT2D eigenvalue weighted by atomic mass is 32.2. The zero-order chi connectivity index (χ0) is 15.6. The number of rotatable bonds is 5. The number of halogens is 3. The lowest BCUT2D eigenvalue weighted by Crippen LogP contribution is -2.30. The van der Waals surface area contributed by atoms with Crippen LogP contribution in [-0.2, 0) is 10.0 Å². The Balaban J connectivity index is 2.71. The molecule has 0 aliphatic rings. The highest BCUT2D eigenvalue weighted by Gasteiger charge is 2.26. The molecule has 1 rings (SSSR count). The molecule has 0 saturated carbocycles. The summed E-state index contributed by atoms with van der Waals surface area (Å²) in [5, 5.41) is 2.57. The van der Waals surface area contributed by atoms with Gasteiger partial charge in [0.25, 0.3) is 5.91 Å². The van der Waals surface area contributed by atoms with E-state index in [1.807, 2.05) is 0 Å². The van der Waals surface area contributed by atoms with E-state index in [9.17, 15) is 26.4 Å². The molecule has 0 unspecified atom stereocenters. The molecule has 0 fully saturated rings. The normalized spacial score (nSPS) is 12.2. The highest BCUT2D eigenvalue weighted by molar-refractivity contribution is 7.89. The second-order valence-electron chi connectivity index (χ2n) is 3.92. The number of carbonyl (C=O) groups excluding carboxylic acids is 1. The molecule has 114 valence electrons. The van der Waals surface area contributed by atoms with Crippen molar-refractivity contribution < 1.29 is 26.4 Å². The van der Waals surface area contributed by atoms with Gasteiger partial charge in [-0.1, -0.05) is 0 Å². The van der Waals surface area contributed by atoms with Crippen LogP contribution in [0.2, 0.25) is 0 Å². The summed E-state index contributed by atoms with van der Waals surface area (Å²) in [5.41, 5.74) is -0.130. The number of hydrogen-bond acceptors (Lipinski definition) is 6. The van der Waals surface area contributed by atoms with Crippen LogP contribution in [0.5, 0.6) is 0 Å². The largest absolute Gasteiger partial charge is 0.390 e. The zero-order valence-electron chi connectivity index (χ0n) is 10.5. The fraction of sp³-hybridized carbons (Fsp3) is 0.556. The number of aromatic nitrogens is 1. The van der Waals surface area contributed by atoms with E-state index in [-0.39, 0.29) is 17.4 Å². The fourth-order valence-corrected chi connectivity index (χ4v) is 2.48. The SMILES string of the molecule is Cc1sc(NCCC(F)(F)F)nc1C(=O)NS(C)(=O)=O. The van der Waals surface area contributed by atoms with Crippen LogP contribution in [0, 0.1) is 6.92 Å². The average molecular weight is 331 g/mol. The summed E-state index contributed by atoms with van der Waals surface area (Å²) in [6.07, 6.45) is -4.50. The van der Waals surface area contributed by atoms with Gasteiger partial charge in [-0.2, -0.15) is 13.2 Å². The van der Waals surface area contributed by atoms with Crippen LogP contribution in [0.25, 0.3) is 0 Å². The van der Waals surface area contributed by atoms with Crippen molar-refractivity contribution in [2.24, 2.45) is 0 Å². The first-order valence-electron chi connectivity index (χ1n) is 5.28. The molecule has 0 saturated heterocycles. The Morgan fingerprint density at radius 1 is 1.40 bits per heavy atom. The van der Waals surface area contributed by atoms with Gasteiger partial charge < -0.3 is 5.32 Å². The lowest BCUT2D eigenvalue weighted by atomic mass is 10.4. The van der Waals surface area contributed by atoms with Crippen molar-refractivity contribution in [1.29, 1.82) is 0 Å². The first-order valence-corrected chi connectivity index (χ1v) is 7.99. The summed E-state index contributed by atoms with van der Waals surface area (Å²) in [6.45, 7) is 1.15. The minimum absolute atomic E-state index is 0.130. The molecule has 1 heterocycles. The standard InChI is InChI=1S/C9H12F3N3O3S2/c1-5-6(7(16)15-20(2,17)18)14-8(19-5)13-4-3-9(10,11)12/h3-4H2,1-2H3,(H,13,14)(H,15,16). The minimum atomic E-state index is -4.28. The number of amides is 1. The Kier molecular flexibility index (Phi) is 4.97. The van der Waals surface area contributed by atoms with Gasteiger partial charge in [0.2, 0.25) is 10.0 Å². The van der Waals surface area contributed by atoms with E-state index in [1.165, 1.54) is 6.92 Å². The zero-order valence-corrected chi connectivity index (χ0v) is 12.2. The van der Waals surface area contributed by atoms with E-state index in [0.717, 1.165) is 17.6 Å². The lowest BCUT2D eigenvalue weighted by Gasteiger charge is -2.05. The topological polar surface area (TPSA) is 88.2 Å². The quantitative estimate of drug-likeness (QED) is 0.854. The highest BCUT2D eigenvalue weighted by Crippen LogP contribution is 2.24. The predicted molar refractivity (Wildman–Crippen MR) is 68.3 cm³/mol. The number of carbonyl (C=O) groups is 1. The second kappa shape index (κ2) is 5.95. The molecule has 0 spiro atoms. The van der Waals surface area contributed by atoms with Crippen LogP contribution < -0.4 is 10.0 Å². The first-order chi connectivity index (χ1) is 8.98. The number of aryl methyl sites for hydroxylation is 1. The van der Waals surface area contributed by atoms with E-state index in [4.69, 9.17) is 0 Å². The summed E-state index contributed by atoms with van der Waals surface area (Å²) < 4.78 is 59.5. The van der Waals surface area contributed by atoms with Crippen LogP contribution in [-0.4, -0.2) is 38.3 Å². The Morgan fingerprint density at radius 3 is 2.50 bits per heavy atom. The summed E-state index contributed by atoms with van der Waals surface area (Å²) in [4.78, 5) is 15.8. The molecule has 2 N–H and O–H groups in total. The van der Waals surface area contributed by atoms with Crippen molar-refractivity contribution in [3.05, 3.63) is 10.6 Å². The lowest BCUT2D eigenvalue weighted by molar-refractivity contribution is -0.131. The summed E-state index contributed by atoms with van der Waals surface area (Å²) in [6, 6.07) is 0. The third-order valence-corrected chi connectivity index (χ3v) is 3.46. The molecule has 0 aliphatic carbocycles. The van der Waals surface area contributed by atoms with E-state index < -0.39 is 28.5 Å². The van der Waals surface area contributed by atoms with Gasteiger partial charge in [0.05, 0.1) is 12.7 Å². The van der Waals surface area contributed by atoms with Gasteiger partial charge in [0, 0.05) is 11.4 Å². The van der Waals surface area contributed by atoms with E-state index in [2.05, 4.69) is 10.3 Å². The summed E-state index contributed by atoms with van der Waals surface area (Å²) in [5.74, 6) is -0.912. The second-order valence-corrected chi connectivity index (χ2v) is 6.87.